The van der Waals surface area contributed by atoms with Gasteiger partial charge in [0.2, 0.25) is 5.75 Å². The standard InChI is InChI=1S/C30H48N2O5/c1-22(2)30(21-31(3)4,24-19-27(35-8)29(37-10)28(20-24)36-9)15-11-16-32(5)17-14-23-12-13-25(33-6)26(18-23)34-7/h12-13,18-20,22H,11,14-17,21H2,1-10H3. The third-order valence-corrected chi connectivity index (χ3v) is 7.34. The van der Waals surface area contributed by atoms with Crippen LogP contribution in [0.4, 0.5) is 0 Å². The van der Waals surface area contributed by atoms with Crippen LogP contribution in [0, 0.1) is 5.92 Å². The Hall–Kier alpha value is -2.64. The van der Waals surface area contributed by atoms with Crippen LogP contribution in [0.2, 0.25) is 0 Å². The smallest absolute Gasteiger partial charge is 0.203 e. The van der Waals surface area contributed by atoms with Crippen LogP contribution in [-0.4, -0.2) is 86.1 Å². The van der Waals surface area contributed by atoms with Crippen LogP contribution < -0.4 is 23.7 Å². The molecule has 0 aliphatic heterocycles. The summed E-state index contributed by atoms with van der Waals surface area (Å²) in [5.74, 6) is 3.98. The summed E-state index contributed by atoms with van der Waals surface area (Å²) in [5.41, 5.74) is 2.39. The van der Waals surface area contributed by atoms with Crippen LogP contribution >= 0.6 is 0 Å². The second-order valence-electron chi connectivity index (χ2n) is 10.3. The highest BCUT2D eigenvalue weighted by molar-refractivity contribution is 5.55. The largest absolute Gasteiger partial charge is 0.493 e. The number of ether oxygens (including phenoxy) is 5. The number of nitrogens with zero attached hydrogens (tertiary/aromatic N) is 2. The molecular weight excluding hydrogens is 468 g/mol. The van der Waals surface area contributed by atoms with Gasteiger partial charge in [-0.05, 0) is 88.3 Å². The predicted octanol–water partition coefficient (Wildman–Crippen LogP) is 5.14. The van der Waals surface area contributed by atoms with Gasteiger partial charge in [-0.1, -0.05) is 19.9 Å². The number of hydrogen-bond donors (Lipinski definition) is 0. The van der Waals surface area contributed by atoms with Crippen LogP contribution in [0.5, 0.6) is 28.7 Å². The van der Waals surface area contributed by atoms with Crippen LogP contribution in [0.3, 0.4) is 0 Å². The summed E-state index contributed by atoms with van der Waals surface area (Å²) in [6.45, 7) is 7.54. The molecule has 0 amide bonds. The minimum Gasteiger partial charge on any atom is -0.493 e. The summed E-state index contributed by atoms with van der Waals surface area (Å²) in [6, 6.07) is 10.4. The maximum absolute atomic E-state index is 5.70. The van der Waals surface area contributed by atoms with Crippen LogP contribution in [0.1, 0.15) is 37.8 Å². The molecule has 0 aliphatic carbocycles. The maximum atomic E-state index is 5.70. The minimum atomic E-state index is -0.0689. The summed E-state index contributed by atoms with van der Waals surface area (Å²) in [7, 11) is 14.8. The molecule has 0 saturated carbocycles. The van der Waals surface area contributed by atoms with E-state index in [-0.39, 0.29) is 5.41 Å². The molecule has 0 bridgehead atoms. The molecule has 208 valence electrons. The number of rotatable bonds is 16. The first-order valence-electron chi connectivity index (χ1n) is 13.0. The Kier molecular flexibility index (Phi) is 11.9. The van der Waals surface area contributed by atoms with Crippen molar-refractivity contribution < 1.29 is 23.7 Å². The van der Waals surface area contributed by atoms with E-state index in [1.165, 1.54) is 11.1 Å². The Morgan fingerprint density at radius 2 is 1.32 bits per heavy atom. The summed E-state index contributed by atoms with van der Waals surface area (Å²) < 4.78 is 27.8. The predicted molar refractivity (Wildman–Crippen MR) is 151 cm³/mol. The van der Waals surface area contributed by atoms with E-state index in [4.69, 9.17) is 23.7 Å². The first-order valence-corrected chi connectivity index (χ1v) is 13.0. The van der Waals surface area contributed by atoms with Crippen molar-refractivity contribution in [1.29, 1.82) is 0 Å². The van der Waals surface area contributed by atoms with Gasteiger partial charge >= 0.3 is 0 Å². The molecule has 2 rings (SSSR count). The van der Waals surface area contributed by atoms with Gasteiger partial charge in [-0.2, -0.15) is 0 Å². The van der Waals surface area contributed by atoms with E-state index in [0.717, 1.165) is 50.4 Å². The minimum absolute atomic E-state index is 0.0689. The van der Waals surface area contributed by atoms with Gasteiger partial charge in [0, 0.05) is 18.5 Å². The van der Waals surface area contributed by atoms with Gasteiger partial charge < -0.3 is 33.5 Å². The third-order valence-electron chi connectivity index (χ3n) is 7.34. The normalized spacial score (nSPS) is 13.1. The maximum Gasteiger partial charge on any atom is 0.203 e. The summed E-state index contributed by atoms with van der Waals surface area (Å²) in [4.78, 5) is 4.69. The summed E-state index contributed by atoms with van der Waals surface area (Å²) in [6.07, 6.45) is 3.07. The van der Waals surface area contributed by atoms with Crippen LogP contribution in [0.25, 0.3) is 0 Å². The van der Waals surface area contributed by atoms with Crippen molar-refractivity contribution in [2.24, 2.45) is 5.92 Å². The SMILES string of the molecule is COc1ccc(CCN(C)CCCC(CN(C)C)(c2cc(OC)c(OC)c(OC)c2)C(C)C)cc1OC. The van der Waals surface area contributed by atoms with Gasteiger partial charge in [-0.15, -0.1) is 0 Å². The summed E-state index contributed by atoms with van der Waals surface area (Å²) in [5, 5.41) is 0. The molecule has 0 heterocycles. The summed E-state index contributed by atoms with van der Waals surface area (Å²) >= 11 is 0. The fourth-order valence-electron chi connectivity index (χ4n) is 5.18. The molecule has 0 aromatic heterocycles. The number of hydrogen-bond acceptors (Lipinski definition) is 7. The van der Waals surface area contributed by atoms with E-state index in [0.29, 0.717) is 23.2 Å². The highest BCUT2D eigenvalue weighted by Crippen LogP contribution is 2.45. The molecule has 0 aliphatic rings. The van der Waals surface area contributed by atoms with E-state index < -0.39 is 0 Å². The number of methoxy groups -OCH3 is 5. The Morgan fingerprint density at radius 3 is 1.81 bits per heavy atom. The Balaban J connectivity index is 2.19. The Morgan fingerprint density at radius 1 is 0.730 bits per heavy atom. The molecule has 0 fully saturated rings. The molecule has 1 unspecified atom stereocenters. The zero-order valence-corrected chi connectivity index (χ0v) is 24.6. The van der Waals surface area contributed by atoms with E-state index in [2.05, 4.69) is 69.1 Å². The lowest BCUT2D eigenvalue weighted by Crippen LogP contribution is -2.43. The average molecular weight is 517 g/mol. The monoisotopic (exact) mass is 516 g/mol. The second kappa shape index (κ2) is 14.3. The molecule has 0 spiro atoms. The van der Waals surface area contributed by atoms with Gasteiger partial charge in [0.05, 0.1) is 35.5 Å². The van der Waals surface area contributed by atoms with Crippen molar-refractivity contribution in [2.75, 3.05) is 76.3 Å². The molecule has 37 heavy (non-hydrogen) atoms. The lowest BCUT2D eigenvalue weighted by Gasteiger charge is -2.41. The zero-order chi connectivity index (χ0) is 27.6. The Labute approximate surface area is 224 Å². The van der Waals surface area contributed by atoms with Crippen LogP contribution in [0.15, 0.2) is 30.3 Å². The molecule has 0 saturated heterocycles. The fraction of sp³-hybridized carbons (Fsp3) is 0.600. The molecule has 0 N–H and O–H groups in total. The van der Waals surface area contributed by atoms with Crippen molar-refractivity contribution in [3.8, 4) is 28.7 Å². The van der Waals surface area contributed by atoms with Gasteiger partial charge in [-0.25, -0.2) is 0 Å². The molecule has 7 heteroatoms. The lowest BCUT2D eigenvalue weighted by molar-refractivity contribution is 0.190. The highest BCUT2D eigenvalue weighted by Gasteiger charge is 2.37. The van der Waals surface area contributed by atoms with Crippen LogP contribution in [-0.2, 0) is 11.8 Å². The van der Waals surface area contributed by atoms with Gasteiger partial charge in [0.25, 0.3) is 0 Å². The molecule has 7 nitrogen and oxygen atoms in total. The molecular formula is C30H48N2O5. The van der Waals surface area contributed by atoms with Crippen molar-refractivity contribution in [3.05, 3.63) is 41.5 Å². The first-order chi connectivity index (χ1) is 17.6. The van der Waals surface area contributed by atoms with E-state index in [1.54, 1.807) is 35.5 Å². The van der Waals surface area contributed by atoms with Gasteiger partial charge in [-0.3, -0.25) is 0 Å². The van der Waals surface area contributed by atoms with E-state index in [9.17, 15) is 0 Å². The van der Waals surface area contributed by atoms with Gasteiger partial charge in [0.15, 0.2) is 23.0 Å². The van der Waals surface area contributed by atoms with Crippen molar-refractivity contribution in [1.82, 2.24) is 9.80 Å². The fourth-order valence-corrected chi connectivity index (χ4v) is 5.18. The molecule has 0 radical (unpaired) electrons. The van der Waals surface area contributed by atoms with E-state index >= 15 is 0 Å². The number of benzene rings is 2. The Bertz CT molecular complexity index is 953. The van der Waals surface area contributed by atoms with Crippen molar-refractivity contribution in [2.45, 2.75) is 38.5 Å². The molecule has 2 aromatic carbocycles. The molecule has 1 atom stereocenters. The number of likely N-dealkylation sites (N-methyl/N-ethyl adjacent to an activating group) is 2. The lowest BCUT2D eigenvalue weighted by atomic mass is 9.68. The quantitative estimate of drug-likeness (QED) is 0.306. The van der Waals surface area contributed by atoms with Crippen molar-refractivity contribution >= 4 is 0 Å². The first kappa shape index (κ1) is 30.6. The second-order valence-corrected chi connectivity index (χ2v) is 10.3. The van der Waals surface area contributed by atoms with Gasteiger partial charge in [0.1, 0.15) is 0 Å². The topological polar surface area (TPSA) is 52.6 Å². The average Bonchev–Trinajstić information content (AvgIpc) is 2.89. The molecule has 2 aromatic rings. The zero-order valence-electron chi connectivity index (χ0n) is 24.6. The van der Waals surface area contributed by atoms with Crippen molar-refractivity contribution in [3.63, 3.8) is 0 Å². The third kappa shape index (κ3) is 7.68. The van der Waals surface area contributed by atoms with E-state index in [1.807, 2.05) is 6.07 Å². The highest BCUT2D eigenvalue weighted by atomic mass is 16.5.